The highest BCUT2D eigenvalue weighted by Gasteiger charge is 2.70. The molecule has 5 saturated heterocycles. The van der Waals surface area contributed by atoms with Crippen LogP contribution in [0.4, 0.5) is 0 Å². The Balaban J connectivity index is 0.968. The van der Waals surface area contributed by atoms with E-state index in [4.69, 9.17) is 47.4 Å². The summed E-state index contributed by atoms with van der Waals surface area (Å²) in [5.41, 5.74) is -2.81. The normalized spacial score (nSPS) is 54.5. The van der Waals surface area contributed by atoms with E-state index in [1.54, 1.807) is 6.92 Å². The summed E-state index contributed by atoms with van der Waals surface area (Å²) in [7, 11) is 0. The summed E-state index contributed by atoms with van der Waals surface area (Å²) in [6, 6.07) is 0. The second-order valence-corrected chi connectivity index (χ2v) is 23.6. The minimum Gasteiger partial charge on any atom is -0.432 e. The van der Waals surface area contributed by atoms with E-state index in [1.165, 1.54) is 0 Å². The highest BCUT2D eigenvalue weighted by atomic mass is 16.8. The lowest BCUT2D eigenvalue weighted by molar-refractivity contribution is -0.400. The zero-order valence-corrected chi connectivity index (χ0v) is 43.3. The van der Waals surface area contributed by atoms with Crippen LogP contribution in [0.3, 0.4) is 0 Å². The molecule has 0 radical (unpaired) electrons. The number of rotatable bonds is 15. The minimum atomic E-state index is -1.99. The number of carbonyl (C=O) groups is 1. The highest BCUT2D eigenvalue weighted by molar-refractivity contribution is 5.77. The first-order valence-corrected chi connectivity index (χ1v) is 26.9. The van der Waals surface area contributed by atoms with Gasteiger partial charge < -0.3 is 134 Å². The van der Waals surface area contributed by atoms with Crippen LogP contribution < -0.4 is 0 Å². The fourth-order valence-corrected chi connectivity index (χ4v) is 15.0. The van der Waals surface area contributed by atoms with Crippen molar-refractivity contribution in [3.63, 3.8) is 0 Å². The molecule has 0 aromatic rings. The molecule has 31 atom stereocenters. The van der Waals surface area contributed by atoms with Gasteiger partial charge in [0.05, 0.1) is 44.1 Å². The molecule has 9 fully saturated rings. The van der Waals surface area contributed by atoms with Crippen molar-refractivity contribution in [2.45, 2.75) is 231 Å². The van der Waals surface area contributed by atoms with Gasteiger partial charge >= 0.3 is 5.97 Å². The van der Waals surface area contributed by atoms with Crippen molar-refractivity contribution in [2.75, 3.05) is 33.0 Å². The van der Waals surface area contributed by atoms with Crippen LogP contribution in [0.5, 0.6) is 0 Å². The molecule has 28 nitrogen and oxygen atoms in total. The zero-order valence-electron chi connectivity index (χ0n) is 43.3. The number of hydrogen-bond acceptors (Lipinski definition) is 28. The number of aliphatic hydroxyl groups excluding tert-OH is 17. The van der Waals surface area contributed by atoms with Gasteiger partial charge in [0.2, 0.25) is 6.29 Å². The van der Waals surface area contributed by atoms with E-state index in [0.717, 1.165) is 0 Å². The molecule has 28 heteroatoms. The maximum atomic E-state index is 14.9. The number of esters is 1. The smallest absolute Gasteiger partial charge is 0.314 e. The van der Waals surface area contributed by atoms with Gasteiger partial charge in [-0.15, -0.1) is 0 Å². The largest absolute Gasteiger partial charge is 0.432 e. The molecule has 2 bridgehead atoms. The first-order chi connectivity index (χ1) is 36.9. The topological polar surface area (TPSA) is 453 Å². The molecular weight excluding hydrogens is 1050 g/mol. The van der Waals surface area contributed by atoms with E-state index in [-0.39, 0.29) is 11.8 Å². The van der Waals surface area contributed by atoms with Crippen molar-refractivity contribution in [1.82, 2.24) is 0 Å². The molecule has 17 N–H and O–H groups in total. The third-order valence-electron chi connectivity index (χ3n) is 19.2. The second kappa shape index (κ2) is 23.3. The summed E-state index contributed by atoms with van der Waals surface area (Å²) < 4.78 is 60.3. The minimum absolute atomic E-state index is 0.0705. The van der Waals surface area contributed by atoms with Crippen molar-refractivity contribution < 1.29 is 139 Å². The number of aliphatic hydroxyl groups is 17. The molecule has 0 amide bonds. The monoisotopic (exact) mass is 1130 g/mol. The molecule has 0 aromatic carbocycles. The van der Waals surface area contributed by atoms with E-state index >= 15 is 0 Å². The molecule has 448 valence electrons. The average Bonchev–Trinajstić information content (AvgIpc) is 3.69. The van der Waals surface area contributed by atoms with Crippen LogP contribution in [0.15, 0.2) is 12.2 Å². The predicted octanol–water partition coefficient (Wildman–Crippen LogP) is -7.29. The Hall–Kier alpha value is -1.83. The summed E-state index contributed by atoms with van der Waals surface area (Å²) in [6.45, 7) is 4.32. The molecule has 5 aliphatic heterocycles. The van der Waals surface area contributed by atoms with Crippen LogP contribution in [0, 0.1) is 28.1 Å². The third kappa shape index (κ3) is 10.3. The molecule has 78 heavy (non-hydrogen) atoms. The van der Waals surface area contributed by atoms with Crippen LogP contribution >= 0.6 is 0 Å². The van der Waals surface area contributed by atoms with Crippen molar-refractivity contribution >= 4 is 5.97 Å². The number of hydrogen-bond donors (Lipinski definition) is 17. The summed E-state index contributed by atoms with van der Waals surface area (Å²) in [5.74, 6) is -1.14. The van der Waals surface area contributed by atoms with Gasteiger partial charge in [-0.2, -0.15) is 0 Å². The Morgan fingerprint density at radius 1 is 0.487 bits per heavy atom. The van der Waals surface area contributed by atoms with E-state index in [9.17, 15) is 91.6 Å². The Kier molecular flexibility index (Phi) is 18.2. The van der Waals surface area contributed by atoms with E-state index in [0.29, 0.717) is 63.4 Å². The van der Waals surface area contributed by atoms with E-state index in [1.807, 2.05) is 0 Å². The first kappa shape index (κ1) is 60.8. The lowest BCUT2D eigenvalue weighted by Crippen LogP contribution is -2.68. The molecule has 0 aromatic heterocycles. The molecule has 5 heterocycles. The Morgan fingerprint density at radius 3 is 1.41 bits per heavy atom. The standard InChI is InChI=1S/C50H80O28/c1-18-11-49-9-5-24-47(2,7-4-8-48(24,3)46(68)77-44-39(34(64)29(59)22(15-54)72-44)75-42-36(66)32(62)27(57)20(13-52)70-42)25(49)6-10-50(18,17-49)78-45-40(76-43-37(67)33(63)28(58)21(14-53)71-43)38(30(60)23(16-55)73-45)74-41-35(65)31(61)26(56)19(12-51)69-41/h19-45,51-67H,1,4-17H2,2-3H3/t19-,20-,21-,22-,23-,24+,25+,26-,27-,28-,29-,30-,31+,32+,33+,34+,35-,36-,37-,38+,39-,40-,41+,42+,43+,44+,45+,47-,48-,49-,50?/m1/s1. The quantitative estimate of drug-likeness (QED) is 0.0411. The van der Waals surface area contributed by atoms with Crippen LogP contribution in [0.25, 0.3) is 0 Å². The van der Waals surface area contributed by atoms with Gasteiger partial charge in [-0.1, -0.05) is 19.9 Å². The van der Waals surface area contributed by atoms with Gasteiger partial charge in [0.1, 0.15) is 116 Å². The molecule has 1 spiro atoms. The summed E-state index contributed by atoms with van der Waals surface area (Å²) in [5, 5.41) is 181. The number of fused-ring (bicyclic) bond motifs is 3. The predicted molar refractivity (Wildman–Crippen MR) is 252 cm³/mol. The van der Waals surface area contributed by atoms with Gasteiger partial charge in [-0.25, -0.2) is 0 Å². The van der Waals surface area contributed by atoms with Crippen molar-refractivity contribution in [3.05, 3.63) is 12.2 Å². The fraction of sp³-hybridized carbons (Fsp3) is 0.940. The van der Waals surface area contributed by atoms with Gasteiger partial charge in [-0.3, -0.25) is 4.79 Å². The Labute approximate surface area is 448 Å². The van der Waals surface area contributed by atoms with Gasteiger partial charge in [0.25, 0.3) is 0 Å². The van der Waals surface area contributed by atoms with Crippen LogP contribution in [-0.4, -0.2) is 285 Å². The van der Waals surface area contributed by atoms with Crippen molar-refractivity contribution in [2.24, 2.45) is 28.1 Å². The van der Waals surface area contributed by atoms with Crippen LogP contribution in [-0.2, 0) is 52.2 Å². The SMILES string of the molecule is C=C1C[C@@]23CC[C@H]4[C@@](C)(CCC[C@@]4(C)C(=O)O[C@@H]4O[C@H](CO)[C@@H](O)[C@H](O)[C@H]4O[C@@H]4O[C@H](CO)[C@@H](O)[C@H](O)[C@H]4O)[C@@H]2CCC1(O[C@@H]1O[C@H](CO)[C@@H](O)[C@H](O[C@@H]2O[C@H](CO)[C@@H](O)[C@H](O)[C@H]2O)[C@H]1O[C@@H]1O[C@H](CO)[C@@H](O)[C@H](O)[C@H]1O)C3. The maximum Gasteiger partial charge on any atom is 0.314 e. The van der Waals surface area contributed by atoms with Gasteiger partial charge in [-0.05, 0) is 86.5 Å². The fourth-order valence-electron chi connectivity index (χ4n) is 15.0. The lowest BCUT2D eigenvalue weighted by atomic mass is 9.41. The number of carbonyl (C=O) groups excluding carboxylic acids is 1. The molecule has 4 saturated carbocycles. The van der Waals surface area contributed by atoms with Crippen molar-refractivity contribution in [3.8, 4) is 0 Å². The zero-order chi connectivity index (χ0) is 56.7. The maximum absolute atomic E-state index is 14.9. The van der Waals surface area contributed by atoms with Crippen molar-refractivity contribution in [1.29, 1.82) is 0 Å². The van der Waals surface area contributed by atoms with Crippen LogP contribution in [0.2, 0.25) is 0 Å². The summed E-state index contributed by atoms with van der Waals surface area (Å²) in [4.78, 5) is 14.9. The third-order valence-corrected chi connectivity index (χ3v) is 19.2. The molecule has 4 aliphatic carbocycles. The van der Waals surface area contributed by atoms with Gasteiger partial charge in [0, 0.05) is 0 Å². The van der Waals surface area contributed by atoms with E-state index in [2.05, 4.69) is 13.5 Å². The molecule has 9 rings (SSSR count). The van der Waals surface area contributed by atoms with E-state index < -0.39 is 214 Å². The highest BCUT2D eigenvalue weighted by Crippen LogP contribution is 2.74. The molecular formula is C50H80O28. The summed E-state index contributed by atoms with van der Waals surface area (Å²) >= 11 is 0. The molecule has 9 aliphatic rings. The van der Waals surface area contributed by atoms with Crippen LogP contribution in [0.1, 0.15) is 71.6 Å². The Bertz CT molecular complexity index is 2070. The Morgan fingerprint density at radius 2 is 0.910 bits per heavy atom. The molecule has 1 unspecified atom stereocenters. The summed E-state index contributed by atoms with van der Waals surface area (Å²) in [6.07, 6.45) is -39.9. The lowest BCUT2D eigenvalue weighted by Gasteiger charge is -2.64. The average molecular weight is 1130 g/mol. The van der Waals surface area contributed by atoms with Gasteiger partial charge in [0.15, 0.2) is 31.3 Å². The first-order valence-electron chi connectivity index (χ1n) is 26.9. The second-order valence-electron chi connectivity index (χ2n) is 23.6. The number of ether oxygens (including phenoxy) is 10.